The monoisotopic (exact) mass is 406 g/mol. The van der Waals surface area contributed by atoms with Gasteiger partial charge in [-0.2, -0.15) is 0 Å². The SMILES string of the molecule is O=C(CCNS(=O)(=O)c1ccc(OC(F)(F)F)cc1)Nc1ccc(F)cc1. The number of anilines is 1. The Hall–Kier alpha value is -2.66. The number of ether oxygens (including phenoxy) is 1. The van der Waals surface area contributed by atoms with Gasteiger partial charge >= 0.3 is 6.36 Å². The molecule has 0 fully saturated rings. The van der Waals surface area contributed by atoms with E-state index in [1.165, 1.54) is 12.1 Å². The smallest absolute Gasteiger partial charge is 0.406 e. The second-order valence-corrected chi connectivity index (χ2v) is 6.99. The van der Waals surface area contributed by atoms with Crippen LogP contribution < -0.4 is 14.8 Å². The number of rotatable bonds is 7. The number of benzene rings is 2. The third-order valence-electron chi connectivity index (χ3n) is 3.14. The van der Waals surface area contributed by atoms with E-state index in [1.807, 2.05) is 0 Å². The van der Waals surface area contributed by atoms with Crippen molar-refractivity contribution in [3.8, 4) is 5.75 Å². The van der Waals surface area contributed by atoms with Crippen molar-refractivity contribution in [2.75, 3.05) is 11.9 Å². The lowest BCUT2D eigenvalue weighted by Crippen LogP contribution is -2.27. The van der Waals surface area contributed by atoms with Gasteiger partial charge in [-0.1, -0.05) is 0 Å². The van der Waals surface area contributed by atoms with Crippen LogP contribution in [0, 0.1) is 5.82 Å². The summed E-state index contributed by atoms with van der Waals surface area (Å²) in [5.41, 5.74) is 0.351. The maximum atomic E-state index is 12.8. The molecule has 0 aliphatic rings. The molecular formula is C16H14F4N2O4S. The molecular weight excluding hydrogens is 392 g/mol. The molecule has 2 aromatic rings. The van der Waals surface area contributed by atoms with E-state index in [-0.39, 0.29) is 17.9 Å². The van der Waals surface area contributed by atoms with Crippen molar-refractivity contribution >= 4 is 21.6 Å². The Bertz CT molecular complexity index is 882. The quantitative estimate of drug-likeness (QED) is 0.693. The van der Waals surface area contributed by atoms with Gasteiger partial charge in [0, 0.05) is 18.7 Å². The number of halogens is 4. The Morgan fingerprint density at radius 2 is 1.59 bits per heavy atom. The maximum Gasteiger partial charge on any atom is 0.573 e. The highest BCUT2D eigenvalue weighted by atomic mass is 32.2. The first kappa shape index (κ1) is 20.6. The Morgan fingerprint density at radius 1 is 1.00 bits per heavy atom. The van der Waals surface area contributed by atoms with Gasteiger partial charge in [-0.05, 0) is 48.5 Å². The average Bonchev–Trinajstić information content (AvgIpc) is 2.56. The number of hydrogen-bond acceptors (Lipinski definition) is 4. The molecule has 0 unspecified atom stereocenters. The van der Waals surface area contributed by atoms with Crippen molar-refractivity contribution < 1.29 is 35.5 Å². The van der Waals surface area contributed by atoms with Crippen molar-refractivity contribution in [3.05, 3.63) is 54.3 Å². The van der Waals surface area contributed by atoms with Gasteiger partial charge in [0.1, 0.15) is 11.6 Å². The maximum absolute atomic E-state index is 12.8. The lowest BCUT2D eigenvalue weighted by atomic mass is 10.3. The predicted molar refractivity (Wildman–Crippen MR) is 88.0 cm³/mol. The van der Waals surface area contributed by atoms with Crippen molar-refractivity contribution in [1.29, 1.82) is 0 Å². The van der Waals surface area contributed by atoms with Crippen LogP contribution in [0.2, 0.25) is 0 Å². The Labute approximate surface area is 152 Å². The van der Waals surface area contributed by atoms with Gasteiger partial charge in [-0.3, -0.25) is 4.79 Å². The number of carbonyl (C=O) groups excluding carboxylic acids is 1. The molecule has 0 aliphatic carbocycles. The molecule has 0 heterocycles. The Balaban J connectivity index is 1.87. The molecule has 0 bridgehead atoms. The normalized spacial score (nSPS) is 11.9. The van der Waals surface area contributed by atoms with Crippen LogP contribution in [0.1, 0.15) is 6.42 Å². The minimum absolute atomic E-state index is 0.203. The molecule has 1 amide bonds. The number of carbonyl (C=O) groups is 1. The molecule has 6 nitrogen and oxygen atoms in total. The summed E-state index contributed by atoms with van der Waals surface area (Å²) in [6.07, 6.45) is -5.08. The predicted octanol–water partition coefficient (Wildman–Crippen LogP) is 3.03. The molecule has 2 rings (SSSR count). The van der Waals surface area contributed by atoms with Crippen LogP contribution in [0.3, 0.4) is 0 Å². The molecule has 2 aromatic carbocycles. The third-order valence-corrected chi connectivity index (χ3v) is 4.62. The van der Waals surface area contributed by atoms with Crippen LogP contribution in [0.15, 0.2) is 53.4 Å². The van der Waals surface area contributed by atoms with Crippen molar-refractivity contribution in [2.45, 2.75) is 17.7 Å². The minimum atomic E-state index is -4.88. The molecule has 0 aliphatic heterocycles. The highest BCUT2D eigenvalue weighted by molar-refractivity contribution is 7.89. The first-order chi connectivity index (χ1) is 12.5. The first-order valence-corrected chi connectivity index (χ1v) is 8.94. The molecule has 0 saturated carbocycles. The van der Waals surface area contributed by atoms with Gasteiger partial charge in [0.2, 0.25) is 15.9 Å². The number of sulfonamides is 1. The molecule has 0 radical (unpaired) electrons. The highest BCUT2D eigenvalue weighted by Crippen LogP contribution is 2.23. The van der Waals surface area contributed by atoms with Crippen molar-refractivity contribution in [1.82, 2.24) is 4.72 Å². The number of hydrogen-bond donors (Lipinski definition) is 2. The highest BCUT2D eigenvalue weighted by Gasteiger charge is 2.31. The van der Waals surface area contributed by atoms with Gasteiger partial charge in [-0.25, -0.2) is 17.5 Å². The molecule has 146 valence electrons. The second-order valence-electron chi connectivity index (χ2n) is 5.22. The number of alkyl halides is 3. The zero-order valence-electron chi connectivity index (χ0n) is 13.6. The first-order valence-electron chi connectivity index (χ1n) is 7.46. The topological polar surface area (TPSA) is 84.5 Å². The Kier molecular flexibility index (Phi) is 6.39. The number of amides is 1. The number of nitrogens with one attached hydrogen (secondary N) is 2. The summed E-state index contributed by atoms with van der Waals surface area (Å²) in [6.45, 7) is -0.240. The molecule has 0 spiro atoms. The largest absolute Gasteiger partial charge is 0.573 e. The van der Waals surface area contributed by atoms with Crippen LogP contribution in [0.25, 0.3) is 0 Å². The van der Waals surface area contributed by atoms with Crippen LogP contribution in [-0.4, -0.2) is 27.2 Å². The lowest BCUT2D eigenvalue weighted by molar-refractivity contribution is -0.274. The molecule has 27 heavy (non-hydrogen) atoms. The molecule has 0 aromatic heterocycles. The second kappa shape index (κ2) is 8.35. The zero-order valence-corrected chi connectivity index (χ0v) is 14.4. The Morgan fingerprint density at radius 3 is 2.15 bits per heavy atom. The summed E-state index contributed by atoms with van der Waals surface area (Å²) in [7, 11) is -4.01. The van der Waals surface area contributed by atoms with E-state index in [9.17, 15) is 30.8 Å². The van der Waals surface area contributed by atoms with Gasteiger partial charge in [0.05, 0.1) is 4.90 Å². The summed E-state index contributed by atoms with van der Waals surface area (Å²) >= 11 is 0. The van der Waals surface area contributed by atoms with Gasteiger partial charge in [-0.15, -0.1) is 13.2 Å². The summed E-state index contributed by atoms with van der Waals surface area (Å²) in [4.78, 5) is 11.5. The van der Waals surface area contributed by atoms with E-state index < -0.39 is 33.9 Å². The van der Waals surface area contributed by atoms with Gasteiger partial charge in [0.15, 0.2) is 0 Å². The van der Waals surface area contributed by atoms with E-state index in [0.29, 0.717) is 5.69 Å². The molecule has 2 N–H and O–H groups in total. The van der Waals surface area contributed by atoms with Gasteiger partial charge in [0.25, 0.3) is 0 Å². The fourth-order valence-corrected chi connectivity index (χ4v) is 2.99. The van der Waals surface area contributed by atoms with E-state index in [0.717, 1.165) is 36.4 Å². The van der Waals surface area contributed by atoms with E-state index in [1.54, 1.807) is 0 Å². The molecule has 0 atom stereocenters. The standard InChI is InChI=1S/C16H14F4N2O4S/c17-11-1-3-12(4-2-11)22-15(23)9-10-21-27(24,25)14-7-5-13(6-8-14)26-16(18,19)20/h1-8,21H,9-10H2,(H,22,23). The molecule has 0 saturated heterocycles. The minimum Gasteiger partial charge on any atom is -0.406 e. The van der Waals surface area contributed by atoms with Crippen molar-refractivity contribution in [3.63, 3.8) is 0 Å². The lowest BCUT2D eigenvalue weighted by Gasteiger charge is -2.10. The summed E-state index contributed by atoms with van der Waals surface area (Å²) in [5, 5.41) is 2.46. The summed E-state index contributed by atoms with van der Waals surface area (Å²) < 4.78 is 79.0. The van der Waals surface area contributed by atoms with E-state index in [2.05, 4.69) is 14.8 Å². The summed E-state index contributed by atoms with van der Waals surface area (Å²) in [5.74, 6) is -1.52. The van der Waals surface area contributed by atoms with Crippen molar-refractivity contribution in [2.24, 2.45) is 0 Å². The van der Waals surface area contributed by atoms with Crippen LogP contribution in [0.4, 0.5) is 23.2 Å². The zero-order chi connectivity index (χ0) is 20.1. The van der Waals surface area contributed by atoms with Crippen LogP contribution in [-0.2, 0) is 14.8 Å². The third kappa shape index (κ3) is 6.87. The summed E-state index contributed by atoms with van der Waals surface area (Å²) in [6, 6.07) is 8.63. The van der Waals surface area contributed by atoms with Gasteiger partial charge < -0.3 is 10.1 Å². The molecule has 11 heteroatoms. The van der Waals surface area contributed by atoms with E-state index >= 15 is 0 Å². The fourth-order valence-electron chi connectivity index (χ4n) is 1.96. The van der Waals surface area contributed by atoms with E-state index in [4.69, 9.17) is 0 Å². The van der Waals surface area contributed by atoms with Crippen LogP contribution >= 0.6 is 0 Å². The average molecular weight is 406 g/mol. The van der Waals surface area contributed by atoms with Crippen LogP contribution in [0.5, 0.6) is 5.75 Å². The fraction of sp³-hybridized carbons (Fsp3) is 0.188.